The zero-order valence-electron chi connectivity index (χ0n) is 12.3. The van der Waals surface area contributed by atoms with E-state index in [1.807, 2.05) is 38.2 Å². The second kappa shape index (κ2) is 5.88. The van der Waals surface area contributed by atoms with Crippen LogP contribution in [0.2, 0.25) is 0 Å². The Bertz CT molecular complexity index is 618. The van der Waals surface area contributed by atoms with Crippen LogP contribution in [0.5, 0.6) is 0 Å². The van der Waals surface area contributed by atoms with Crippen LogP contribution in [0.15, 0.2) is 30.3 Å². The Morgan fingerprint density at radius 3 is 2.65 bits per heavy atom. The minimum absolute atomic E-state index is 0.149. The highest BCUT2D eigenvalue weighted by Gasteiger charge is 2.15. The molecule has 1 heterocycles. The van der Waals surface area contributed by atoms with Crippen molar-refractivity contribution >= 4 is 11.6 Å². The van der Waals surface area contributed by atoms with Gasteiger partial charge in [-0.3, -0.25) is 9.48 Å². The first-order valence-electron chi connectivity index (χ1n) is 6.61. The van der Waals surface area contributed by atoms with Crippen molar-refractivity contribution < 1.29 is 4.79 Å². The number of benzene rings is 1. The first-order chi connectivity index (χ1) is 9.52. The molecule has 2 N–H and O–H groups in total. The summed E-state index contributed by atoms with van der Waals surface area (Å²) < 4.78 is 1.59. The van der Waals surface area contributed by atoms with Crippen LogP contribution < -0.4 is 10.6 Å². The molecule has 1 unspecified atom stereocenters. The van der Waals surface area contributed by atoms with Crippen LogP contribution in [-0.4, -0.2) is 22.7 Å². The third-order valence-corrected chi connectivity index (χ3v) is 3.34. The van der Waals surface area contributed by atoms with Crippen LogP contribution in [0.3, 0.4) is 0 Å². The molecule has 1 aromatic heterocycles. The molecule has 0 spiro atoms. The summed E-state index contributed by atoms with van der Waals surface area (Å²) in [5, 5.41) is 10.3. The molecular weight excluding hydrogens is 252 g/mol. The number of carbonyl (C=O) groups excluding carboxylic acids is 1. The van der Waals surface area contributed by atoms with E-state index in [1.54, 1.807) is 17.8 Å². The zero-order valence-corrected chi connectivity index (χ0v) is 12.3. The summed E-state index contributed by atoms with van der Waals surface area (Å²) in [5.74, 6) is -0.149. The van der Waals surface area contributed by atoms with Gasteiger partial charge in [0.25, 0.3) is 5.91 Å². The number of hydrogen-bond acceptors (Lipinski definition) is 3. The van der Waals surface area contributed by atoms with Crippen LogP contribution in [0, 0.1) is 6.92 Å². The largest absolute Gasteiger partial charge is 0.320 e. The predicted molar refractivity (Wildman–Crippen MR) is 79.8 cm³/mol. The highest BCUT2D eigenvalue weighted by atomic mass is 16.2. The lowest BCUT2D eigenvalue weighted by Gasteiger charge is -2.16. The Labute approximate surface area is 119 Å². The van der Waals surface area contributed by atoms with Gasteiger partial charge in [-0.1, -0.05) is 18.2 Å². The second-order valence-electron chi connectivity index (χ2n) is 4.85. The van der Waals surface area contributed by atoms with Crippen molar-refractivity contribution in [3.63, 3.8) is 0 Å². The van der Waals surface area contributed by atoms with Crippen molar-refractivity contribution in [1.29, 1.82) is 0 Å². The molecule has 20 heavy (non-hydrogen) atoms. The van der Waals surface area contributed by atoms with Crippen molar-refractivity contribution in [3.8, 4) is 0 Å². The summed E-state index contributed by atoms with van der Waals surface area (Å²) in [6, 6.07) is 9.73. The minimum Gasteiger partial charge on any atom is -0.320 e. The van der Waals surface area contributed by atoms with Crippen molar-refractivity contribution in [2.45, 2.75) is 19.9 Å². The molecule has 2 aromatic rings. The van der Waals surface area contributed by atoms with Gasteiger partial charge in [0, 0.05) is 18.8 Å². The number of anilines is 1. The minimum atomic E-state index is -0.149. The van der Waals surface area contributed by atoms with Gasteiger partial charge in [-0.2, -0.15) is 5.10 Å². The van der Waals surface area contributed by atoms with Crippen molar-refractivity contribution in [2.75, 3.05) is 12.4 Å². The highest BCUT2D eigenvalue weighted by molar-refractivity contribution is 6.03. The van der Waals surface area contributed by atoms with E-state index in [4.69, 9.17) is 0 Å². The number of nitrogens with zero attached hydrogens (tertiary/aromatic N) is 2. The third-order valence-electron chi connectivity index (χ3n) is 3.34. The van der Waals surface area contributed by atoms with E-state index in [1.165, 1.54) is 0 Å². The number of aryl methyl sites for hydroxylation is 2. The number of nitrogens with one attached hydrogen (secondary N) is 2. The van der Waals surface area contributed by atoms with E-state index in [2.05, 4.69) is 22.7 Å². The third kappa shape index (κ3) is 2.88. The number of hydrogen-bond donors (Lipinski definition) is 2. The molecule has 0 aliphatic heterocycles. The lowest BCUT2D eigenvalue weighted by Crippen LogP contribution is -2.19. The van der Waals surface area contributed by atoms with Gasteiger partial charge < -0.3 is 10.6 Å². The van der Waals surface area contributed by atoms with Gasteiger partial charge in [0.2, 0.25) is 0 Å². The fraction of sp³-hybridized carbons (Fsp3) is 0.333. The molecule has 5 heteroatoms. The Morgan fingerprint density at radius 1 is 1.35 bits per heavy atom. The van der Waals surface area contributed by atoms with Gasteiger partial charge in [0.05, 0.1) is 5.69 Å². The van der Waals surface area contributed by atoms with E-state index in [9.17, 15) is 4.79 Å². The SMILES string of the molecule is CNC(C)c1ccccc1NC(=O)c1cc(C)nn1C. The normalized spacial score (nSPS) is 12.2. The summed E-state index contributed by atoms with van der Waals surface area (Å²) in [4.78, 5) is 12.3. The quantitative estimate of drug-likeness (QED) is 0.897. The van der Waals surface area contributed by atoms with Gasteiger partial charge in [0.15, 0.2) is 0 Å². The molecule has 2 rings (SSSR count). The lowest BCUT2D eigenvalue weighted by molar-refractivity contribution is 0.101. The number of aromatic nitrogens is 2. The van der Waals surface area contributed by atoms with Crippen LogP contribution >= 0.6 is 0 Å². The molecule has 0 radical (unpaired) electrons. The van der Waals surface area contributed by atoms with E-state index < -0.39 is 0 Å². The molecule has 0 aliphatic rings. The monoisotopic (exact) mass is 272 g/mol. The molecule has 0 bridgehead atoms. The smallest absolute Gasteiger partial charge is 0.273 e. The Balaban J connectivity index is 2.26. The Morgan fingerprint density at radius 2 is 2.05 bits per heavy atom. The summed E-state index contributed by atoms with van der Waals surface area (Å²) in [5.41, 5.74) is 3.25. The average Bonchev–Trinajstić information content (AvgIpc) is 2.77. The van der Waals surface area contributed by atoms with E-state index in [0.717, 1.165) is 16.9 Å². The summed E-state index contributed by atoms with van der Waals surface area (Å²) in [6.45, 7) is 3.92. The lowest BCUT2D eigenvalue weighted by atomic mass is 10.1. The van der Waals surface area contributed by atoms with E-state index in [-0.39, 0.29) is 11.9 Å². The molecule has 0 fully saturated rings. The van der Waals surface area contributed by atoms with Crippen LogP contribution in [-0.2, 0) is 7.05 Å². The Kier molecular flexibility index (Phi) is 4.20. The summed E-state index contributed by atoms with van der Waals surface area (Å²) >= 11 is 0. The summed E-state index contributed by atoms with van der Waals surface area (Å²) in [7, 11) is 3.66. The first kappa shape index (κ1) is 14.3. The van der Waals surface area contributed by atoms with Gasteiger partial charge in [-0.25, -0.2) is 0 Å². The summed E-state index contributed by atoms with van der Waals surface area (Å²) in [6.07, 6.45) is 0. The van der Waals surface area contributed by atoms with Crippen molar-refractivity contribution in [1.82, 2.24) is 15.1 Å². The predicted octanol–water partition coefficient (Wildman–Crippen LogP) is 2.26. The maximum Gasteiger partial charge on any atom is 0.273 e. The topological polar surface area (TPSA) is 58.9 Å². The zero-order chi connectivity index (χ0) is 14.7. The Hall–Kier alpha value is -2.14. The van der Waals surface area contributed by atoms with Gasteiger partial charge in [0.1, 0.15) is 5.69 Å². The first-order valence-corrected chi connectivity index (χ1v) is 6.61. The molecule has 0 saturated heterocycles. The fourth-order valence-corrected chi connectivity index (χ4v) is 2.15. The molecule has 0 saturated carbocycles. The molecule has 1 aromatic carbocycles. The standard InChI is InChI=1S/C15H20N4O/c1-10-9-14(19(4)18-10)15(20)17-13-8-6-5-7-12(13)11(2)16-3/h5-9,11,16H,1-4H3,(H,17,20). The molecular formula is C15H20N4O. The number of rotatable bonds is 4. The van der Waals surface area contributed by atoms with E-state index in [0.29, 0.717) is 5.69 Å². The highest BCUT2D eigenvalue weighted by Crippen LogP contribution is 2.22. The van der Waals surface area contributed by atoms with Crippen LogP contribution in [0.4, 0.5) is 5.69 Å². The van der Waals surface area contributed by atoms with Crippen LogP contribution in [0.1, 0.15) is 34.7 Å². The molecule has 106 valence electrons. The van der Waals surface area contributed by atoms with Gasteiger partial charge in [-0.05, 0) is 38.6 Å². The number of amides is 1. The molecule has 1 amide bonds. The number of para-hydroxylation sites is 1. The van der Waals surface area contributed by atoms with Crippen LogP contribution in [0.25, 0.3) is 0 Å². The molecule has 1 atom stereocenters. The number of carbonyl (C=O) groups is 1. The van der Waals surface area contributed by atoms with Gasteiger partial charge in [-0.15, -0.1) is 0 Å². The maximum absolute atomic E-state index is 12.3. The second-order valence-corrected chi connectivity index (χ2v) is 4.85. The van der Waals surface area contributed by atoms with Crippen molar-refractivity contribution in [2.24, 2.45) is 7.05 Å². The van der Waals surface area contributed by atoms with Gasteiger partial charge >= 0.3 is 0 Å². The average molecular weight is 272 g/mol. The molecule has 0 aliphatic carbocycles. The maximum atomic E-state index is 12.3. The van der Waals surface area contributed by atoms with Crippen molar-refractivity contribution in [3.05, 3.63) is 47.3 Å². The van der Waals surface area contributed by atoms with E-state index >= 15 is 0 Å². The fourth-order valence-electron chi connectivity index (χ4n) is 2.15. The molecule has 5 nitrogen and oxygen atoms in total.